The summed E-state index contributed by atoms with van der Waals surface area (Å²) in [6.07, 6.45) is 1.66. The maximum atomic E-state index is 12.9. The van der Waals surface area contributed by atoms with E-state index in [-0.39, 0.29) is 12.4 Å². The molecule has 3 amide bonds. The number of nitrogens with zero attached hydrogens (tertiary/aromatic N) is 3. The van der Waals surface area contributed by atoms with E-state index in [0.29, 0.717) is 23.3 Å². The van der Waals surface area contributed by atoms with Gasteiger partial charge in [-0.1, -0.05) is 17.8 Å². The summed E-state index contributed by atoms with van der Waals surface area (Å²) in [7, 11) is 0. The Hall–Kier alpha value is -2.88. The SMILES string of the molecule is C=CCn1c(COc2ccc(F)cc2)nnc1S[C@H](C)C(=O)NC(N)=O. The molecule has 10 heteroatoms. The zero-order valence-corrected chi connectivity index (χ0v) is 14.8. The van der Waals surface area contributed by atoms with Gasteiger partial charge in [-0.05, 0) is 31.2 Å². The van der Waals surface area contributed by atoms with Gasteiger partial charge in [-0.25, -0.2) is 9.18 Å². The number of hydrogen-bond acceptors (Lipinski definition) is 6. The highest BCUT2D eigenvalue weighted by molar-refractivity contribution is 8.00. The number of primary amides is 1. The zero-order chi connectivity index (χ0) is 19.1. The molecule has 0 saturated carbocycles. The molecule has 0 fully saturated rings. The molecule has 26 heavy (non-hydrogen) atoms. The standard InChI is InChI=1S/C16H18FN5O3S/c1-3-8-22-13(9-25-12-6-4-11(17)5-7-12)20-21-16(22)26-10(2)14(23)19-15(18)24/h3-7,10H,1,8-9H2,2H3,(H3,18,19,23,24)/t10-/m1/s1. The van der Waals surface area contributed by atoms with Crippen molar-refractivity contribution < 1.29 is 18.7 Å². The summed E-state index contributed by atoms with van der Waals surface area (Å²) in [5.74, 6) is 0.121. The fourth-order valence-electron chi connectivity index (χ4n) is 1.94. The van der Waals surface area contributed by atoms with Crippen LogP contribution in [0.3, 0.4) is 0 Å². The van der Waals surface area contributed by atoms with Crippen LogP contribution >= 0.6 is 11.8 Å². The van der Waals surface area contributed by atoms with Gasteiger partial charge in [-0.15, -0.1) is 16.8 Å². The monoisotopic (exact) mass is 379 g/mol. The summed E-state index contributed by atoms with van der Waals surface area (Å²) in [5.41, 5.74) is 4.94. The highest BCUT2D eigenvalue weighted by atomic mass is 32.2. The van der Waals surface area contributed by atoms with Crippen molar-refractivity contribution in [1.29, 1.82) is 0 Å². The minimum Gasteiger partial charge on any atom is -0.486 e. The Balaban J connectivity index is 2.08. The van der Waals surface area contributed by atoms with Crippen molar-refractivity contribution in [1.82, 2.24) is 20.1 Å². The third-order valence-corrected chi connectivity index (χ3v) is 4.26. The first kappa shape index (κ1) is 19.4. The number of hydrogen-bond donors (Lipinski definition) is 2. The number of halogens is 1. The molecule has 2 aromatic rings. The van der Waals surface area contributed by atoms with Gasteiger partial charge in [0.15, 0.2) is 11.0 Å². The minimum absolute atomic E-state index is 0.106. The molecule has 2 rings (SSSR count). The van der Waals surface area contributed by atoms with E-state index in [1.165, 1.54) is 24.3 Å². The first-order chi connectivity index (χ1) is 12.4. The first-order valence-electron chi connectivity index (χ1n) is 7.59. The molecular weight excluding hydrogens is 361 g/mol. The number of aromatic nitrogens is 3. The van der Waals surface area contributed by atoms with E-state index < -0.39 is 17.2 Å². The van der Waals surface area contributed by atoms with Crippen molar-refractivity contribution in [3.05, 3.63) is 48.6 Å². The number of carbonyl (C=O) groups is 2. The lowest BCUT2D eigenvalue weighted by molar-refractivity contribution is -0.119. The predicted molar refractivity (Wildman–Crippen MR) is 94.0 cm³/mol. The van der Waals surface area contributed by atoms with Crippen LogP contribution in [0, 0.1) is 5.82 Å². The number of nitrogens with one attached hydrogen (secondary N) is 1. The summed E-state index contributed by atoms with van der Waals surface area (Å²) >= 11 is 1.12. The molecule has 1 aromatic carbocycles. The van der Waals surface area contributed by atoms with E-state index in [2.05, 4.69) is 16.8 Å². The average Bonchev–Trinajstić information content (AvgIpc) is 2.96. The number of rotatable bonds is 8. The van der Waals surface area contributed by atoms with Gasteiger partial charge in [0.2, 0.25) is 5.91 Å². The van der Waals surface area contributed by atoms with Gasteiger partial charge < -0.3 is 10.5 Å². The fraction of sp³-hybridized carbons (Fsp3) is 0.250. The quantitative estimate of drug-likeness (QED) is 0.535. The molecule has 3 N–H and O–H groups in total. The largest absolute Gasteiger partial charge is 0.486 e. The molecule has 0 spiro atoms. The van der Waals surface area contributed by atoms with Gasteiger partial charge >= 0.3 is 6.03 Å². The van der Waals surface area contributed by atoms with Crippen LogP contribution in [0.5, 0.6) is 5.75 Å². The molecule has 1 aromatic heterocycles. The first-order valence-corrected chi connectivity index (χ1v) is 8.47. The Labute approximate surface area is 153 Å². The van der Waals surface area contributed by atoms with Crippen LogP contribution in [0.2, 0.25) is 0 Å². The summed E-state index contributed by atoms with van der Waals surface area (Å²) < 4.78 is 20.2. The third kappa shape index (κ3) is 5.31. The zero-order valence-electron chi connectivity index (χ0n) is 14.0. The molecule has 1 heterocycles. The van der Waals surface area contributed by atoms with E-state index in [4.69, 9.17) is 10.5 Å². The van der Waals surface area contributed by atoms with Gasteiger partial charge in [0.25, 0.3) is 0 Å². The number of urea groups is 1. The van der Waals surface area contributed by atoms with Crippen molar-refractivity contribution in [2.45, 2.75) is 30.5 Å². The molecular formula is C16H18FN5O3S. The molecule has 8 nitrogen and oxygen atoms in total. The molecule has 0 bridgehead atoms. The molecule has 0 unspecified atom stereocenters. The summed E-state index contributed by atoms with van der Waals surface area (Å²) in [4.78, 5) is 22.6. The van der Waals surface area contributed by atoms with Crippen molar-refractivity contribution in [2.24, 2.45) is 5.73 Å². The van der Waals surface area contributed by atoms with E-state index >= 15 is 0 Å². The molecule has 1 atom stereocenters. The van der Waals surface area contributed by atoms with Crippen LogP contribution in [-0.4, -0.2) is 32.0 Å². The lowest BCUT2D eigenvalue weighted by atomic mass is 10.3. The van der Waals surface area contributed by atoms with Crippen LogP contribution < -0.4 is 15.8 Å². The lowest BCUT2D eigenvalue weighted by Crippen LogP contribution is -2.39. The maximum absolute atomic E-state index is 12.9. The topological polar surface area (TPSA) is 112 Å². The van der Waals surface area contributed by atoms with Crippen LogP contribution in [0.25, 0.3) is 0 Å². The van der Waals surface area contributed by atoms with Crippen LogP contribution in [0.1, 0.15) is 12.7 Å². The molecule has 0 radical (unpaired) electrons. The summed E-state index contributed by atoms with van der Waals surface area (Å²) in [6, 6.07) is 4.70. The maximum Gasteiger partial charge on any atom is 0.318 e. The number of allylic oxidation sites excluding steroid dienone is 1. The molecule has 0 aliphatic carbocycles. The number of benzene rings is 1. The van der Waals surface area contributed by atoms with Gasteiger partial charge in [-0.3, -0.25) is 14.7 Å². The van der Waals surface area contributed by atoms with Crippen molar-refractivity contribution in [2.75, 3.05) is 0 Å². The fourth-order valence-corrected chi connectivity index (χ4v) is 2.82. The van der Waals surface area contributed by atoms with E-state index in [1.807, 2.05) is 5.32 Å². The van der Waals surface area contributed by atoms with E-state index in [1.54, 1.807) is 17.6 Å². The number of imide groups is 1. The Morgan fingerprint density at radius 3 is 2.73 bits per heavy atom. The van der Waals surface area contributed by atoms with Crippen LogP contribution in [-0.2, 0) is 17.9 Å². The van der Waals surface area contributed by atoms with Crippen molar-refractivity contribution in [3.63, 3.8) is 0 Å². The highest BCUT2D eigenvalue weighted by Gasteiger charge is 2.20. The lowest BCUT2D eigenvalue weighted by Gasteiger charge is -2.12. The van der Waals surface area contributed by atoms with E-state index in [0.717, 1.165) is 11.8 Å². The Bertz CT molecular complexity index is 794. The molecule has 0 aliphatic rings. The second-order valence-corrected chi connectivity index (χ2v) is 6.46. The Morgan fingerprint density at radius 2 is 2.12 bits per heavy atom. The van der Waals surface area contributed by atoms with Crippen LogP contribution in [0.15, 0.2) is 42.1 Å². The van der Waals surface area contributed by atoms with Crippen LogP contribution in [0.4, 0.5) is 9.18 Å². The van der Waals surface area contributed by atoms with Gasteiger partial charge in [0.05, 0.1) is 5.25 Å². The normalized spacial score (nSPS) is 11.6. The van der Waals surface area contributed by atoms with Crippen molar-refractivity contribution >= 4 is 23.7 Å². The summed E-state index contributed by atoms with van der Waals surface area (Å²) in [6.45, 7) is 5.82. The van der Waals surface area contributed by atoms with Gasteiger partial charge in [0, 0.05) is 6.54 Å². The number of amides is 3. The third-order valence-electron chi connectivity index (χ3n) is 3.18. The van der Waals surface area contributed by atoms with Gasteiger partial charge in [-0.2, -0.15) is 0 Å². The minimum atomic E-state index is -0.914. The van der Waals surface area contributed by atoms with Crippen molar-refractivity contribution in [3.8, 4) is 5.75 Å². The molecule has 0 aliphatic heterocycles. The smallest absolute Gasteiger partial charge is 0.318 e. The average molecular weight is 379 g/mol. The molecule has 138 valence electrons. The number of nitrogens with two attached hydrogens (primary N) is 1. The summed E-state index contributed by atoms with van der Waals surface area (Å²) in [5, 5.41) is 9.99. The van der Waals surface area contributed by atoms with E-state index in [9.17, 15) is 14.0 Å². The number of ether oxygens (including phenoxy) is 1. The second-order valence-electron chi connectivity index (χ2n) is 5.15. The Kier molecular flexibility index (Phi) is 6.73. The molecule has 0 saturated heterocycles. The second kappa shape index (κ2) is 8.99. The number of thioether (sulfide) groups is 1. The number of carbonyl (C=O) groups excluding carboxylic acids is 2. The highest BCUT2D eigenvalue weighted by Crippen LogP contribution is 2.23. The Morgan fingerprint density at radius 1 is 1.42 bits per heavy atom. The van der Waals surface area contributed by atoms with Gasteiger partial charge in [0.1, 0.15) is 18.2 Å². The predicted octanol–water partition coefficient (Wildman–Crippen LogP) is 1.86.